The molecule has 2 aromatic carbocycles. The maximum atomic E-state index is 9.98. The summed E-state index contributed by atoms with van der Waals surface area (Å²) in [5, 5.41) is 10.3. The van der Waals surface area contributed by atoms with Crippen molar-refractivity contribution in [2.75, 3.05) is 12.4 Å². The first-order valence-electron chi connectivity index (χ1n) is 9.48. The van der Waals surface area contributed by atoms with Gasteiger partial charge in [-0.3, -0.25) is 0 Å². The number of para-hydroxylation sites is 1. The second-order valence-electron chi connectivity index (χ2n) is 7.01. The van der Waals surface area contributed by atoms with E-state index in [1.54, 1.807) is 6.07 Å². The maximum Gasteiger partial charge on any atom is 0.119 e. The van der Waals surface area contributed by atoms with E-state index in [1.807, 2.05) is 48.2 Å². The Labute approximate surface area is 161 Å². The fourth-order valence-corrected chi connectivity index (χ4v) is 5.47. The molecular weight excluding hydrogens is 342 g/mol. The summed E-state index contributed by atoms with van der Waals surface area (Å²) in [4.78, 5) is 0. The first-order valence-corrected chi connectivity index (χ1v) is 10.5. The molecule has 3 nitrogen and oxygen atoms in total. The van der Waals surface area contributed by atoms with Gasteiger partial charge < -0.3 is 15.6 Å². The molecule has 0 radical (unpaired) electrons. The number of hydrogen-bond donors (Lipinski definition) is 2. The zero-order valence-electron chi connectivity index (χ0n) is 15.7. The zero-order chi connectivity index (χ0) is 18.6. The molecule has 3 N–H and O–H groups in total. The minimum absolute atomic E-state index is 0.0652. The average Bonchev–Trinajstić information content (AvgIpc) is 2.67. The maximum absolute atomic E-state index is 9.98. The Bertz CT molecular complexity index is 715. The predicted molar refractivity (Wildman–Crippen MR) is 110 cm³/mol. The molecular formula is C22H29NO2S. The summed E-state index contributed by atoms with van der Waals surface area (Å²) in [6.45, 7) is 5.11. The van der Waals surface area contributed by atoms with Crippen LogP contribution in [0.15, 0.2) is 48.5 Å². The Morgan fingerprint density at radius 1 is 1.15 bits per heavy atom. The van der Waals surface area contributed by atoms with E-state index in [9.17, 15) is 5.11 Å². The fraction of sp³-hybridized carbons (Fsp3) is 0.455. The molecule has 140 valence electrons. The van der Waals surface area contributed by atoms with Gasteiger partial charge >= 0.3 is 0 Å². The van der Waals surface area contributed by atoms with Gasteiger partial charge in [-0.15, -0.1) is 0 Å². The zero-order valence-corrected chi connectivity index (χ0v) is 16.5. The Morgan fingerprint density at radius 3 is 2.58 bits per heavy atom. The smallest absolute Gasteiger partial charge is 0.119 e. The number of rotatable bonds is 7. The molecule has 0 saturated carbocycles. The highest BCUT2D eigenvalue weighted by Gasteiger charge is 2.44. The predicted octanol–water partition coefficient (Wildman–Crippen LogP) is 4.51. The van der Waals surface area contributed by atoms with Gasteiger partial charge in [0, 0.05) is 22.5 Å². The summed E-state index contributed by atoms with van der Waals surface area (Å²) in [7, 11) is 0. The summed E-state index contributed by atoms with van der Waals surface area (Å²) in [5.74, 6) is 2.17. The van der Waals surface area contributed by atoms with E-state index in [4.69, 9.17) is 10.5 Å². The van der Waals surface area contributed by atoms with Gasteiger partial charge in [0.1, 0.15) is 11.5 Å². The summed E-state index contributed by atoms with van der Waals surface area (Å²) in [6.07, 6.45) is 2.92. The molecule has 1 aliphatic rings. The average molecular weight is 372 g/mol. The third kappa shape index (κ3) is 3.72. The Hall–Kier alpha value is -1.65. The van der Waals surface area contributed by atoms with Crippen molar-refractivity contribution < 1.29 is 9.84 Å². The molecule has 2 unspecified atom stereocenters. The number of aromatic hydroxyl groups is 1. The number of benzene rings is 2. The highest BCUT2D eigenvalue weighted by atomic mass is 32.2. The highest BCUT2D eigenvalue weighted by Crippen LogP contribution is 2.45. The molecule has 0 heterocycles. The number of nitrogens with two attached hydrogens (primary N) is 1. The van der Waals surface area contributed by atoms with Crippen LogP contribution in [0.5, 0.6) is 11.5 Å². The van der Waals surface area contributed by atoms with Gasteiger partial charge in [0.05, 0.1) is 6.61 Å². The van der Waals surface area contributed by atoms with Gasteiger partial charge in [-0.2, -0.15) is 11.8 Å². The molecule has 26 heavy (non-hydrogen) atoms. The van der Waals surface area contributed by atoms with Gasteiger partial charge in [0.25, 0.3) is 0 Å². The first-order chi connectivity index (χ1) is 12.6. The van der Waals surface area contributed by atoms with Crippen molar-refractivity contribution in [1.29, 1.82) is 0 Å². The van der Waals surface area contributed by atoms with Gasteiger partial charge in [0.2, 0.25) is 0 Å². The summed E-state index contributed by atoms with van der Waals surface area (Å²) < 4.78 is 5.83. The van der Waals surface area contributed by atoms with Crippen LogP contribution in [0, 0.1) is 0 Å². The molecule has 0 spiro atoms. The quantitative estimate of drug-likeness (QED) is 0.703. The molecule has 0 bridgehead atoms. The van der Waals surface area contributed by atoms with E-state index in [-0.39, 0.29) is 11.5 Å². The summed E-state index contributed by atoms with van der Waals surface area (Å²) >= 11 is 1.91. The highest BCUT2D eigenvalue weighted by molar-refractivity contribution is 8.00. The van der Waals surface area contributed by atoms with Crippen molar-refractivity contribution in [2.24, 2.45) is 5.73 Å². The number of phenols is 1. The van der Waals surface area contributed by atoms with Crippen molar-refractivity contribution in [3.63, 3.8) is 0 Å². The van der Waals surface area contributed by atoms with Crippen LogP contribution >= 0.6 is 11.8 Å². The van der Waals surface area contributed by atoms with Crippen LogP contribution in [0.4, 0.5) is 0 Å². The van der Waals surface area contributed by atoms with Gasteiger partial charge in [-0.05, 0) is 54.7 Å². The van der Waals surface area contributed by atoms with Crippen molar-refractivity contribution in [3.05, 3.63) is 59.7 Å². The number of phenolic OH excluding ortho intramolecular Hbond substituents is 1. The lowest BCUT2D eigenvalue weighted by Gasteiger charge is -2.47. The molecule has 0 saturated heterocycles. The van der Waals surface area contributed by atoms with Crippen LogP contribution in [0.1, 0.15) is 37.8 Å². The number of hydrogen-bond acceptors (Lipinski definition) is 4. The van der Waals surface area contributed by atoms with E-state index in [1.165, 1.54) is 11.1 Å². The molecule has 0 aromatic heterocycles. The molecule has 2 aromatic rings. The molecule has 0 fully saturated rings. The number of fused-ring (bicyclic) bond motifs is 1. The molecule has 2 atom stereocenters. The minimum Gasteiger partial charge on any atom is -0.508 e. The van der Waals surface area contributed by atoms with E-state index in [0.29, 0.717) is 17.6 Å². The molecule has 1 aliphatic carbocycles. The van der Waals surface area contributed by atoms with E-state index in [0.717, 1.165) is 30.8 Å². The van der Waals surface area contributed by atoms with Crippen molar-refractivity contribution in [1.82, 2.24) is 0 Å². The van der Waals surface area contributed by atoms with Crippen LogP contribution in [-0.4, -0.2) is 28.8 Å². The van der Waals surface area contributed by atoms with Crippen LogP contribution in [0.25, 0.3) is 0 Å². The molecule has 4 heteroatoms. The third-order valence-electron chi connectivity index (χ3n) is 5.78. The Morgan fingerprint density at radius 2 is 1.88 bits per heavy atom. The van der Waals surface area contributed by atoms with E-state index in [2.05, 4.69) is 19.9 Å². The van der Waals surface area contributed by atoms with Gasteiger partial charge in [0.15, 0.2) is 0 Å². The van der Waals surface area contributed by atoms with E-state index < -0.39 is 0 Å². The van der Waals surface area contributed by atoms with Crippen molar-refractivity contribution in [2.45, 2.75) is 49.8 Å². The Balaban J connectivity index is 1.70. The fourth-order valence-electron chi connectivity index (χ4n) is 4.23. The monoisotopic (exact) mass is 371 g/mol. The standard InChI is InChI=1S/C22H29NO2S/c1-3-22(4-2)19-15-17(24)11-10-16(19)14-20(21(22)23)26-13-12-25-18-8-6-5-7-9-18/h5-11,15,20-21,24H,3-4,12-14,23H2,1-2H3. The largest absolute Gasteiger partial charge is 0.508 e. The molecule has 0 amide bonds. The van der Waals surface area contributed by atoms with Crippen molar-refractivity contribution in [3.8, 4) is 11.5 Å². The van der Waals surface area contributed by atoms with Gasteiger partial charge in [-0.25, -0.2) is 0 Å². The normalized spacial score (nSPS) is 21.2. The lowest BCUT2D eigenvalue weighted by molar-refractivity contribution is 0.289. The van der Waals surface area contributed by atoms with Crippen molar-refractivity contribution >= 4 is 11.8 Å². The van der Waals surface area contributed by atoms with Crippen LogP contribution in [0.3, 0.4) is 0 Å². The lowest BCUT2D eigenvalue weighted by Crippen LogP contribution is -2.55. The van der Waals surface area contributed by atoms with E-state index >= 15 is 0 Å². The summed E-state index contributed by atoms with van der Waals surface area (Å²) in [5.41, 5.74) is 9.30. The number of thioether (sulfide) groups is 1. The van der Waals surface area contributed by atoms with Crippen LogP contribution in [0.2, 0.25) is 0 Å². The minimum atomic E-state index is -0.0652. The molecule has 0 aliphatic heterocycles. The molecule has 3 rings (SSSR count). The topological polar surface area (TPSA) is 55.5 Å². The third-order valence-corrected chi connectivity index (χ3v) is 7.07. The SMILES string of the molecule is CCC1(CC)c2cc(O)ccc2CC(SCCOc2ccccc2)C1N. The second-order valence-corrected chi connectivity index (χ2v) is 8.35. The lowest BCUT2D eigenvalue weighted by atomic mass is 9.63. The number of ether oxygens (including phenoxy) is 1. The van der Waals surface area contributed by atoms with Gasteiger partial charge in [-0.1, -0.05) is 38.1 Å². The van der Waals surface area contributed by atoms with Crippen LogP contribution < -0.4 is 10.5 Å². The second kappa shape index (κ2) is 8.36. The summed E-state index contributed by atoms with van der Waals surface area (Å²) in [6, 6.07) is 15.8. The Kier molecular flexibility index (Phi) is 6.15. The first kappa shape index (κ1) is 19.1. The van der Waals surface area contributed by atoms with Crippen LogP contribution in [-0.2, 0) is 11.8 Å².